The smallest absolute Gasteiger partial charge is 0.408 e. The molecule has 1 aliphatic heterocycles. The number of nitrogens with zero attached hydrogens (tertiary/aromatic N) is 2. The van der Waals surface area contributed by atoms with Gasteiger partial charge in [-0.25, -0.2) is 4.79 Å². The molecule has 0 unspecified atom stereocenters. The van der Waals surface area contributed by atoms with Crippen LogP contribution in [0.15, 0.2) is 22.7 Å². The van der Waals surface area contributed by atoms with Gasteiger partial charge in [0.1, 0.15) is 23.7 Å². The van der Waals surface area contributed by atoms with Crippen molar-refractivity contribution in [3.63, 3.8) is 0 Å². The third-order valence-corrected chi connectivity index (χ3v) is 5.78. The Bertz CT molecular complexity index is 1080. The molecule has 3 amide bonds. The van der Waals surface area contributed by atoms with Gasteiger partial charge in [-0.05, 0) is 89.9 Å². The molecule has 1 fully saturated rings. The van der Waals surface area contributed by atoms with Crippen LogP contribution in [0.1, 0.15) is 50.6 Å². The second-order valence-corrected chi connectivity index (χ2v) is 10.0. The monoisotopic (exact) mass is 501 g/mol. The number of aryl methyl sites for hydroxylation is 2. The Balaban J connectivity index is 1.44. The summed E-state index contributed by atoms with van der Waals surface area (Å²) in [6.45, 7) is 10.6. The molecule has 196 valence electrons. The maximum Gasteiger partial charge on any atom is 0.408 e. The van der Waals surface area contributed by atoms with Gasteiger partial charge < -0.3 is 19.7 Å². The van der Waals surface area contributed by atoms with Crippen molar-refractivity contribution in [2.45, 2.75) is 59.6 Å². The first-order valence-electron chi connectivity index (χ1n) is 12.0. The predicted molar refractivity (Wildman–Crippen MR) is 132 cm³/mol. The molecule has 2 heterocycles. The van der Waals surface area contributed by atoms with Crippen LogP contribution in [0.2, 0.25) is 0 Å². The summed E-state index contributed by atoms with van der Waals surface area (Å²) >= 11 is 0. The SMILES string of the molecule is Cc1noc(C)c1-c1cc(O)cc(CN2CCC(C(=O)NNC(=O)CNC(=O)OC(C)(C)C)CC2)c1. The van der Waals surface area contributed by atoms with Gasteiger partial charge in [0.2, 0.25) is 5.91 Å². The standard InChI is InChI=1S/C25H35N5O6/c1-15-22(16(2)36-29-15)19-10-17(11-20(31)12-19)14-30-8-6-18(7-9-30)23(33)28-27-21(32)13-26-24(34)35-25(3,4)5/h10-12,18,31H,6-9,13-14H2,1-5H3,(H,26,34)(H,27,32)(H,28,33). The number of carbonyl (C=O) groups is 3. The molecule has 0 bridgehead atoms. The van der Waals surface area contributed by atoms with E-state index in [0.717, 1.165) is 22.4 Å². The first-order valence-corrected chi connectivity index (χ1v) is 12.0. The van der Waals surface area contributed by atoms with Crippen LogP contribution >= 0.6 is 0 Å². The highest BCUT2D eigenvalue weighted by atomic mass is 16.6. The van der Waals surface area contributed by atoms with E-state index >= 15 is 0 Å². The summed E-state index contributed by atoms with van der Waals surface area (Å²) in [5.74, 6) is -0.178. The number of hydrogen-bond acceptors (Lipinski definition) is 8. The Morgan fingerprint density at radius 2 is 1.83 bits per heavy atom. The van der Waals surface area contributed by atoms with Crippen molar-refractivity contribution >= 4 is 17.9 Å². The lowest BCUT2D eigenvalue weighted by atomic mass is 9.95. The zero-order chi connectivity index (χ0) is 26.5. The average molecular weight is 502 g/mol. The van der Waals surface area contributed by atoms with Gasteiger partial charge in [0.05, 0.1) is 5.69 Å². The number of phenols is 1. The Labute approximate surface area is 210 Å². The molecule has 4 N–H and O–H groups in total. The Morgan fingerprint density at radius 1 is 1.14 bits per heavy atom. The lowest BCUT2D eigenvalue weighted by Crippen LogP contribution is -2.50. The van der Waals surface area contributed by atoms with E-state index in [-0.39, 0.29) is 24.1 Å². The maximum atomic E-state index is 12.5. The van der Waals surface area contributed by atoms with Crippen molar-refractivity contribution in [3.8, 4) is 16.9 Å². The van der Waals surface area contributed by atoms with Crippen LogP contribution in [0, 0.1) is 19.8 Å². The molecule has 3 rings (SSSR count). The number of piperidine rings is 1. The minimum absolute atomic E-state index is 0.175. The fourth-order valence-electron chi connectivity index (χ4n) is 4.16. The van der Waals surface area contributed by atoms with Crippen LogP contribution in [0.3, 0.4) is 0 Å². The van der Waals surface area contributed by atoms with Crippen molar-refractivity contribution in [1.29, 1.82) is 0 Å². The number of carbonyl (C=O) groups excluding carboxylic acids is 3. The fraction of sp³-hybridized carbons (Fsp3) is 0.520. The molecular weight excluding hydrogens is 466 g/mol. The Kier molecular flexibility index (Phi) is 8.57. The summed E-state index contributed by atoms with van der Waals surface area (Å²) in [6.07, 6.45) is 0.558. The van der Waals surface area contributed by atoms with Crippen LogP contribution in [0.5, 0.6) is 5.75 Å². The van der Waals surface area contributed by atoms with Gasteiger partial charge in [0, 0.05) is 18.0 Å². The summed E-state index contributed by atoms with van der Waals surface area (Å²) in [5, 5.41) is 16.6. The van der Waals surface area contributed by atoms with Gasteiger partial charge in [0.15, 0.2) is 0 Å². The number of rotatable bonds is 6. The number of phenolic OH excluding ortho intramolecular Hbond substituents is 1. The zero-order valence-corrected chi connectivity index (χ0v) is 21.4. The summed E-state index contributed by atoms with van der Waals surface area (Å²) in [7, 11) is 0. The average Bonchev–Trinajstić information content (AvgIpc) is 3.13. The molecule has 1 aliphatic rings. The molecule has 36 heavy (non-hydrogen) atoms. The third kappa shape index (κ3) is 7.70. The number of ether oxygens (including phenoxy) is 1. The second-order valence-electron chi connectivity index (χ2n) is 10.0. The van der Waals surface area contributed by atoms with E-state index in [0.29, 0.717) is 38.2 Å². The van der Waals surface area contributed by atoms with Gasteiger partial charge in [0.25, 0.3) is 5.91 Å². The van der Waals surface area contributed by atoms with E-state index in [1.54, 1.807) is 32.9 Å². The largest absolute Gasteiger partial charge is 0.508 e. The van der Waals surface area contributed by atoms with Gasteiger partial charge >= 0.3 is 6.09 Å². The highest BCUT2D eigenvalue weighted by Crippen LogP contribution is 2.31. The number of likely N-dealkylation sites (tertiary alicyclic amines) is 1. The van der Waals surface area contributed by atoms with Crippen molar-refractivity contribution < 1.29 is 28.8 Å². The molecule has 11 nitrogen and oxygen atoms in total. The van der Waals surface area contributed by atoms with Crippen molar-refractivity contribution in [2.24, 2.45) is 5.92 Å². The Morgan fingerprint density at radius 3 is 2.44 bits per heavy atom. The first kappa shape index (κ1) is 27.0. The zero-order valence-electron chi connectivity index (χ0n) is 21.4. The molecule has 1 aromatic carbocycles. The lowest BCUT2D eigenvalue weighted by Gasteiger charge is -2.31. The molecule has 0 radical (unpaired) electrons. The minimum Gasteiger partial charge on any atom is -0.508 e. The molecule has 0 spiro atoms. The van der Waals surface area contributed by atoms with Crippen LogP contribution < -0.4 is 16.2 Å². The molecule has 0 aliphatic carbocycles. The van der Waals surface area contributed by atoms with E-state index in [1.807, 2.05) is 19.9 Å². The summed E-state index contributed by atoms with van der Waals surface area (Å²) in [6, 6.07) is 5.46. The Hall–Kier alpha value is -3.60. The van der Waals surface area contributed by atoms with E-state index in [4.69, 9.17) is 9.26 Å². The normalized spacial score (nSPS) is 14.8. The van der Waals surface area contributed by atoms with Gasteiger partial charge in [-0.3, -0.25) is 25.3 Å². The number of aromatic nitrogens is 1. The van der Waals surface area contributed by atoms with Crippen LogP contribution in [-0.4, -0.2) is 58.3 Å². The number of alkyl carbamates (subject to hydrolysis) is 1. The van der Waals surface area contributed by atoms with E-state index in [2.05, 4.69) is 26.2 Å². The number of aromatic hydroxyl groups is 1. The quantitative estimate of drug-likeness (QED) is 0.442. The second kappa shape index (κ2) is 11.4. The van der Waals surface area contributed by atoms with E-state index in [1.165, 1.54) is 0 Å². The van der Waals surface area contributed by atoms with Crippen molar-refractivity contribution in [3.05, 3.63) is 35.2 Å². The molecule has 11 heteroatoms. The molecule has 0 atom stereocenters. The van der Waals surface area contributed by atoms with E-state index < -0.39 is 17.6 Å². The third-order valence-electron chi connectivity index (χ3n) is 5.78. The number of benzene rings is 1. The van der Waals surface area contributed by atoms with Gasteiger partial charge in [-0.2, -0.15) is 0 Å². The predicted octanol–water partition coefficient (Wildman–Crippen LogP) is 2.55. The number of hydrogen-bond donors (Lipinski definition) is 4. The number of amides is 3. The molecule has 0 saturated carbocycles. The van der Waals surface area contributed by atoms with Gasteiger partial charge in [-0.15, -0.1) is 0 Å². The molecule has 1 aromatic heterocycles. The van der Waals surface area contributed by atoms with Crippen LogP contribution in [0.4, 0.5) is 4.79 Å². The lowest BCUT2D eigenvalue weighted by molar-refractivity contribution is -0.131. The molecule has 1 saturated heterocycles. The summed E-state index contributed by atoms with van der Waals surface area (Å²) in [5.41, 5.74) is 7.55. The minimum atomic E-state index is -0.707. The number of hydrazine groups is 1. The highest BCUT2D eigenvalue weighted by Gasteiger charge is 2.26. The van der Waals surface area contributed by atoms with Crippen LogP contribution in [0.25, 0.3) is 11.1 Å². The summed E-state index contributed by atoms with van der Waals surface area (Å²) in [4.78, 5) is 38.2. The maximum absolute atomic E-state index is 12.5. The molecular formula is C25H35N5O6. The highest BCUT2D eigenvalue weighted by molar-refractivity contribution is 5.86. The molecule has 2 aromatic rings. The van der Waals surface area contributed by atoms with Crippen LogP contribution in [-0.2, 0) is 20.9 Å². The summed E-state index contributed by atoms with van der Waals surface area (Å²) < 4.78 is 10.3. The topological polar surface area (TPSA) is 146 Å². The van der Waals surface area contributed by atoms with Crippen molar-refractivity contribution in [1.82, 2.24) is 26.2 Å². The van der Waals surface area contributed by atoms with E-state index in [9.17, 15) is 19.5 Å². The van der Waals surface area contributed by atoms with Gasteiger partial charge in [-0.1, -0.05) is 5.16 Å². The van der Waals surface area contributed by atoms with Crippen molar-refractivity contribution in [2.75, 3.05) is 19.6 Å². The first-order chi connectivity index (χ1) is 16.9. The fourth-order valence-corrected chi connectivity index (χ4v) is 4.16. The number of nitrogens with one attached hydrogen (secondary N) is 3.